The third-order valence-corrected chi connectivity index (χ3v) is 12.7. The van der Waals surface area contributed by atoms with Crippen molar-refractivity contribution < 1.29 is 4.42 Å². The molecule has 266 valence electrons. The molecule has 57 heavy (non-hydrogen) atoms. The number of furan rings is 1. The Morgan fingerprint density at radius 1 is 0.456 bits per heavy atom. The molecule has 3 nitrogen and oxygen atoms in total. The molecule has 1 aliphatic heterocycles. The molecule has 0 amide bonds. The van der Waals surface area contributed by atoms with E-state index < -0.39 is 0 Å². The van der Waals surface area contributed by atoms with Gasteiger partial charge in [0.2, 0.25) is 0 Å². The van der Waals surface area contributed by atoms with E-state index >= 15 is 0 Å². The first-order valence-electron chi connectivity index (χ1n) is 19.4. The summed E-state index contributed by atoms with van der Waals surface area (Å²) in [5, 5.41) is 12.1. The van der Waals surface area contributed by atoms with Crippen LogP contribution in [0, 0.1) is 0 Å². The Morgan fingerprint density at radius 3 is 2.04 bits per heavy atom. The molecule has 4 heteroatoms. The molecule has 0 fully saturated rings. The maximum atomic E-state index is 6.83. The van der Waals surface area contributed by atoms with Crippen molar-refractivity contribution in [2.24, 2.45) is 9.98 Å². The standard InChI is InChI=1S/C53H32N2OS/c1-2-12-35(13-3-1)46-28-29-47(37-23-22-34-21-20-32-10-4-6-14-38(32)45(34)30-37)55-53(54-46)44-18-9-19-48-50(44)43-17-8-16-39(51(43)56-48)36-25-26-41-42-27-24-33-11-5-7-15-40(33)52(42)57-49(41)31-36/h1-27,29-31H,28H2. The maximum absolute atomic E-state index is 6.83. The van der Waals surface area contributed by atoms with Crippen LogP contribution >= 0.6 is 11.3 Å². The number of aliphatic imine (C=N–C) groups is 2. The summed E-state index contributed by atoms with van der Waals surface area (Å²) in [6.07, 6.45) is 2.88. The highest BCUT2D eigenvalue weighted by Crippen LogP contribution is 2.43. The number of amidine groups is 1. The molecule has 9 aromatic carbocycles. The fourth-order valence-corrected chi connectivity index (χ4v) is 10.0. The van der Waals surface area contributed by atoms with Crippen LogP contribution in [0.5, 0.6) is 0 Å². The number of para-hydroxylation sites is 1. The number of rotatable bonds is 4. The van der Waals surface area contributed by atoms with E-state index in [1.54, 1.807) is 0 Å². The van der Waals surface area contributed by atoms with E-state index in [2.05, 4.69) is 176 Å². The highest BCUT2D eigenvalue weighted by atomic mass is 32.1. The van der Waals surface area contributed by atoms with Crippen molar-refractivity contribution in [1.29, 1.82) is 0 Å². The van der Waals surface area contributed by atoms with Gasteiger partial charge in [0.15, 0.2) is 5.84 Å². The highest BCUT2D eigenvalue weighted by Gasteiger charge is 2.21. The third-order valence-electron chi connectivity index (χ3n) is 11.5. The zero-order chi connectivity index (χ0) is 37.5. The lowest BCUT2D eigenvalue weighted by Crippen LogP contribution is -2.05. The van der Waals surface area contributed by atoms with Gasteiger partial charge >= 0.3 is 0 Å². The predicted molar refractivity (Wildman–Crippen MR) is 243 cm³/mol. The number of allylic oxidation sites excluding steroid dienone is 1. The van der Waals surface area contributed by atoms with Crippen molar-refractivity contribution in [3.8, 4) is 11.1 Å². The van der Waals surface area contributed by atoms with Crippen LogP contribution < -0.4 is 0 Å². The van der Waals surface area contributed by atoms with Crippen LogP contribution in [0.4, 0.5) is 0 Å². The van der Waals surface area contributed by atoms with Gasteiger partial charge in [-0.1, -0.05) is 164 Å². The fourth-order valence-electron chi connectivity index (χ4n) is 8.76. The van der Waals surface area contributed by atoms with E-state index in [1.165, 1.54) is 52.5 Å². The summed E-state index contributed by atoms with van der Waals surface area (Å²) in [4.78, 5) is 10.8. The monoisotopic (exact) mass is 744 g/mol. The average molecular weight is 745 g/mol. The molecule has 12 rings (SSSR count). The molecule has 1 aliphatic rings. The first-order valence-corrected chi connectivity index (χ1v) is 20.2. The van der Waals surface area contributed by atoms with E-state index in [0.29, 0.717) is 12.3 Å². The normalized spacial score (nSPS) is 13.5. The predicted octanol–water partition coefficient (Wildman–Crippen LogP) is 14.8. The van der Waals surface area contributed by atoms with Crippen LogP contribution in [0.1, 0.15) is 23.1 Å². The number of benzene rings is 9. The maximum Gasteiger partial charge on any atom is 0.160 e. The molecular weight excluding hydrogens is 713 g/mol. The second-order valence-corrected chi connectivity index (χ2v) is 15.9. The average Bonchev–Trinajstić information content (AvgIpc) is 3.77. The van der Waals surface area contributed by atoms with Crippen molar-refractivity contribution in [2.45, 2.75) is 6.42 Å². The summed E-state index contributed by atoms with van der Waals surface area (Å²) in [7, 11) is 0. The smallest absolute Gasteiger partial charge is 0.160 e. The molecule has 0 radical (unpaired) electrons. The molecule has 0 saturated heterocycles. The molecule has 0 spiro atoms. The van der Waals surface area contributed by atoms with Crippen LogP contribution in [0.25, 0.3) is 91.3 Å². The van der Waals surface area contributed by atoms with Gasteiger partial charge < -0.3 is 4.42 Å². The molecule has 0 N–H and O–H groups in total. The van der Waals surface area contributed by atoms with E-state index in [-0.39, 0.29) is 0 Å². The Morgan fingerprint density at radius 2 is 1.14 bits per heavy atom. The largest absolute Gasteiger partial charge is 0.455 e. The Balaban J connectivity index is 1.03. The van der Waals surface area contributed by atoms with Crippen molar-refractivity contribution >= 4 is 103 Å². The van der Waals surface area contributed by atoms with Gasteiger partial charge in [0.05, 0.1) is 11.4 Å². The molecule has 3 heterocycles. The van der Waals surface area contributed by atoms with Crippen molar-refractivity contribution in [3.05, 3.63) is 199 Å². The van der Waals surface area contributed by atoms with E-state index in [0.717, 1.165) is 61.2 Å². The lowest BCUT2D eigenvalue weighted by atomic mass is 9.98. The zero-order valence-corrected chi connectivity index (χ0v) is 31.6. The van der Waals surface area contributed by atoms with Gasteiger partial charge in [0.1, 0.15) is 11.2 Å². The summed E-state index contributed by atoms with van der Waals surface area (Å²) >= 11 is 1.86. The molecule has 0 unspecified atom stereocenters. The molecular formula is C53H32N2OS. The van der Waals surface area contributed by atoms with E-state index in [1.807, 2.05) is 17.4 Å². The number of fused-ring (bicyclic) bond motifs is 11. The van der Waals surface area contributed by atoms with Gasteiger partial charge in [-0.2, -0.15) is 0 Å². The fraction of sp³-hybridized carbons (Fsp3) is 0.0189. The van der Waals surface area contributed by atoms with Crippen LogP contribution in [-0.2, 0) is 0 Å². The number of hydrogen-bond donors (Lipinski definition) is 0. The first kappa shape index (κ1) is 32.1. The topological polar surface area (TPSA) is 37.9 Å². The minimum Gasteiger partial charge on any atom is -0.455 e. The minimum absolute atomic E-state index is 0.655. The lowest BCUT2D eigenvalue weighted by molar-refractivity contribution is 0.670. The number of hydrogen-bond acceptors (Lipinski definition) is 4. The molecule has 11 aromatic rings. The number of thiophene rings is 1. The summed E-state index contributed by atoms with van der Waals surface area (Å²) in [6, 6.07) is 62.9. The quantitative estimate of drug-likeness (QED) is 0.165. The van der Waals surface area contributed by atoms with E-state index in [4.69, 9.17) is 14.4 Å². The molecule has 0 aliphatic carbocycles. The molecule has 2 aromatic heterocycles. The molecule has 0 bridgehead atoms. The van der Waals surface area contributed by atoms with Gasteiger partial charge in [-0.15, -0.1) is 11.3 Å². The van der Waals surface area contributed by atoms with Gasteiger partial charge in [-0.05, 0) is 61.6 Å². The Labute approximate surface area is 332 Å². The van der Waals surface area contributed by atoms with Gasteiger partial charge in [-0.25, -0.2) is 9.98 Å². The van der Waals surface area contributed by atoms with Crippen molar-refractivity contribution in [2.75, 3.05) is 0 Å². The van der Waals surface area contributed by atoms with Gasteiger partial charge in [0.25, 0.3) is 0 Å². The molecule has 0 atom stereocenters. The van der Waals surface area contributed by atoms with Crippen LogP contribution in [0.2, 0.25) is 0 Å². The van der Waals surface area contributed by atoms with Gasteiger partial charge in [-0.3, -0.25) is 0 Å². The number of nitrogens with zero attached hydrogens (tertiary/aromatic N) is 2. The van der Waals surface area contributed by atoms with Crippen LogP contribution in [-0.4, -0.2) is 11.5 Å². The summed E-state index contributed by atoms with van der Waals surface area (Å²) in [5.74, 6) is 0.674. The molecule has 0 saturated carbocycles. The summed E-state index contributed by atoms with van der Waals surface area (Å²) in [6.45, 7) is 0. The second kappa shape index (κ2) is 12.7. The van der Waals surface area contributed by atoms with Crippen molar-refractivity contribution in [3.63, 3.8) is 0 Å². The Hall–Kier alpha value is -7.14. The summed E-state index contributed by atoms with van der Waals surface area (Å²) in [5.41, 5.74) is 8.87. The lowest BCUT2D eigenvalue weighted by Gasteiger charge is -2.09. The second-order valence-electron chi connectivity index (χ2n) is 14.8. The zero-order valence-electron chi connectivity index (χ0n) is 30.7. The Kier molecular flexibility index (Phi) is 7.16. The highest BCUT2D eigenvalue weighted by molar-refractivity contribution is 7.26. The Bertz CT molecular complexity index is 3550. The first-order chi connectivity index (χ1) is 28.2. The van der Waals surface area contributed by atoms with Crippen molar-refractivity contribution in [1.82, 2.24) is 0 Å². The minimum atomic E-state index is 0.655. The SMILES string of the molecule is C1=C(c2ccc3ccc4ccccc4c3c2)N=C(c2cccc3oc4c(-c5ccc6c(c5)sc5c7ccccc7ccc65)cccc4c23)N=C(c2ccccc2)C1. The van der Waals surface area contributed by atoms with Crippen LogP contribution in [0.15, 0.2) is 196 Å². The third kappa shape index (κ3) is 5.18. The van der Waals surface area contributed by atoms with Crippen LogP contribution in [0.3, 0.4) is 0 Å². The van der Waals surface area contributed by atoms with Gasteiger partial charge in [0, 0.05) is 54.1 Å². The summed E-state index contributed by atoms with van der Waals surface area (Å²) < 4.78 is 9.43. The van der Waals surface area contributed by atoms with E-state index in [9.17, 15) is 0 Å².